The number of nitrogens with one attached hydrogen (secondary N) is 1. The summed E-state index contributed by atoms with van der Waals surface area (Å²) in [5.74, 6) is -1.02. The summed E-state index contributed by atoms with van der Waals surface area (Å²) >= 11 is 6.45. The molecule has 0 saturated carbocycles. The van der Waals surface area contributed by atoms with Gasteiger partial charge in [-0.15, -0.1) is 5.10 Å². The molecule has 15 heteroatoms. The van der Waals surface area contributed by atoms with Gasteiger partial charge in [0, 0.05) is 18.7 Å². The molecule has 1 saturated heterocycles. The number of aromatic nitrogens is 5. The normalized spacial score (nSPS) is 16.7. The predicted molar refractivity (Wildman–Crippen MR) is 154 cm³/mol. The number of carbonyl (C=O) groups is 2. The number of nitrogens with two attached hydrogens (primary N) is 1. The number of nitrogen functional groups attached to an aromatic ring is 1. The van der Waals surface area contributed by atoms with Crippen molar-refractivity contribution >= 4 is 46.0 Å². The van der Waals surface area contributed by atoms with Crippen LogP contribution in [0.1, 0.15) is 15.9 Å². The monoisotopic (exact) mass is 604 g/mol. The molecule has 0 bridgehead atoms. The molecule has 1 fully saturated rings. The van der Waals surface area contributed by atoms with Gasteiger partial charge < -0.3 is 30.5 Å². The zero-order valence-corrected chi connectivity index (χ0v) is 23.2. The molecule has 0 radical (unpaired) electrons. The van der Waals surface area contributed by atoms with E-state index in [1.54, 1.807) is 47.3 Å². The van der Waals surface area contributed by atoms with Gasteiger partial charge in [0.05, 0.1) is 53.7 Å². The minimum Gasteiger partial charge on any atom is -0.507 e. The number of ether oxygens (including phenoxy) is 1. The number of aliphatic hydroxyl groups is 1. The van der Waals surface area contributed by atoms with Crippen LogP contribution in [0.5, 0.6) is 5.75 Å². The van der Waals surface area contributed by atoms with Crippen LogP contribution in [0, 0.1) is 0 Å². The van der Waals surface area contributed by atoms with E-state index in [-0.39, 0.29) is 47.3 Å². The summed E-state index contributed by atoms with van der Waals surface area (Å²) in [6.45, 7) is -0.166. The minimum absolute atomic E-state index is 0.0000984. The molecule has 1 unspecified atom stereocenters. The number of phenolic OH excluding ortho intramolecular Hbond substituents is 1. The first-order valence-electron chi connectivity index (χ1n) is 13.1. The molecule has 4 heterocycles. The standard InChI is InChI=1S/C28H25ClN8O6/c29-19-11-16(12-21-23(19)25(30)35-43-21)13-28(41,15-31-26(39)18-3-1-2-4-20(18)38)24-27(40)36(9-10-42-24)22-6-8-37(34-22)17-5-7-32-33-14-17/h1-8,11-12,14,24,38,41H,9-10,13,15H2,(H2,30,35)(H,31,39)/t24-,28?/m0/s1. The SMILES string of the molecule is Nc1noc2cc(CC(O)(CNC(=O)c3ccccc3O)[C@H]3OCCN(c4ccn(-c5ccnnc5)n4)C3=O)cc(Cl)c12. The lowest BCUT2D eigenvalue weighted by atomic mass is 9.86. The number of benzene rings is 2. The van der Waals surface area contributed by atoms with E-state index in [0.717, 1.165) is 0 Å². The van der Waals surface area contributed by atoms with E-state index >= 15 is 0 Å². The summed E-state index contributed by atoms with van der Waals surface area (Å²) in [6.07, 6.45) is 3.10. The number of hydrogen-bond donors (Lipinski definition) is 4. The van der Waals surface area contributed by atoms with Crippen molar-refractivity contribution < 1.29 is 29.1 Å². The maximum absolute atomic E-state index is 13.9. The second kappa shape index (κ2) is 11.3. The lowest BCUT2D eigenvalue weighted by molar-refractivity contribution is -0.157. The predicted octanol–water partition coefficient (Wildman–Crippen LogP) is 1.88. The van der Waals surface area contributed by atoms with Crippen molar-refractivity contribution in [1.82, 2.24) is 30.5 Å². The number of phenols is 1. The summed E-state index contributed by atoms with van der Waals surface area (Å²) in [7, 11) is 0. The first-order chi connectivity index (χ1) is 20.7. The van der Waals surface area contributed by atoms with Crippen LogP contribution in [0.2, 0.25) is 5.02 Å². The Morgan fingerprint density at radius 2 is 2.05 bits per heavy atom. The Morgan fingerprint density at radius 1 is 1.21 bits per heavy atom. The molecule has 43 heavy (non-hydrogen) atoms. The van der Waals surface area contributed by atoms with Crippen molar-refractivity contribution in [2.75, 3.05) is 30.3 Å². The molecule has 2 aromatic carbocycles. The molecule has 5 N–H and O–H groups in total. The molecule has 2 amide bonds. The largest absolute Gasteiger partial charge is 0.507 e. The highest BCUT2D eigenvalue weighted by Gasteiger charge is 2.47. The number of anilines is 2. The van der Waals surface area contributed by atoms with Crippen LogP contribution >= 0.6 is 11.6 Å². The van der Waals surface area contributed by atoms with Gasteiger partial charge in [-0.3, -0.25) is 14.5 Å². The Hall–Kier alpha value is -5.05. The van der Waals surface area contributed by atoms with Crippen molar-refractivity contribution in [2.24, 2.45) is 0 Å². The quantitative estimate of drug-likeness (QED) is 0.202. The first-order valence-corrected chi connectivity index (χ1v) is 13.5. The van der Waals surface area contributed by atoms with Gasteiger partial charge in [0.2, 0.25) is 0 Å². The lowest BCUT2D eigenvalue weighted by Gasteiger charge is -2.40. The summed E-state index contributed by atoms with van der Waals surface area (Å²) in [6, 6.07) is 12.5. The first kappa shape index (κ1) is 28.1. The Kier molecular flexibility index (Phi) is 7.39. The van der Waals surface area contributed by atoms with Crippen molar-refractivity contribution in [3.63, 3.8) is 0 Å². The van der Waals surface area contributed by atoms with Crippen LogP contribution in [-0.2, 0) is 16.0 Å². The Balaban J connectivity index is 1.31. The molecular weight excluding hydrogens is 580 g/mol. The van der Waals surface area contributed by atoms with Crippen LogP contribution < -0.4 is 16.0 Å². The summed E-state index contributed by atoms with van der Waals surface area (Å²) < 4.78 is 12.7. The highest BCUT2D eigenvalue weighted by molar-refractivity contribution is 6.36. The van der Waals surface area contributed by atoms with Crippen molar-refractivity contribution in [2.45, 2.75) is 18.1 Å². The fraction of sp³-hybridized carbons (Fsp3) is 0.214. The van der Waals surface area contributed by atoms with Gasteiger partial charge in [-0.05, 0) is 35.9 Å². The summed E-state index contributed by atoms with van der Waals surface area (Å²) in [4.78, 5) is 28.3. The average Bonchev–Trinajstić information content (AvgIpc) is 3.64. The Labute approximate surface area is 248 Å². The maximum Gasteiger partial charge on any atom is 0.260 e. The van der Waals surface area contributed by atoms with Gasteiger partial charge in [-0.1, -0.05) is 28.9 Å². The number of halogens is 1. The molecule has 1 aliphatic rings. The van der Waals surface area contributed by atoms with Crippen molar-refractivity contribution in [1.29, 1.82) is 0 Å². The smallest absolute Gasteiger partial charge is 0.260 e. The van der Waals surface area contributed by atoms with Gasteiger partial charge in [-0.2, -0.15) is 10.2 Å². The number of fused-ring (bicyclic) bond motifs is 1. The zero-order chi connectivity index (χ0) is 30.1. The highest BCUT2D eigenvalue weighted by Crippen LogP contribution is 2.33. The Morgan fingerprint density at radius 3 is 2.84 bits per heavy atom. The third-order valence-electron chi connectivity index (χ3n) is 7.09. The lowest BCUT2D eigenvalue weighted by Crippen LogP contribution is -2.63. The number of amides is 2. The average molecular weight is 605 g/mol. The van der Waals surface area contributed by atoms with E-state index in [1.165, 1.54) is 29.4 Å². The third kappa shape index (κ3) is 5.46. The van der Waals surface area contributed by atoms with E-state index in [9.17, 15) is 19.8 Å². The second-order valence-electron chi connectivity index (χ2n) is 9.96. The van der Waals surface area contributed by atoms with E-state index in [0.29, 0.717) is 22.5 Å². The summed E-state index contributed by atoms with van der Waals surface area (Å²) in [5, 5.41) is 41.4. The summed E-state index contributed by atoms with van der Waals surface area (Å²) in [5.41, 5.74) is 5.26. The molecular formula is C28H25ClN8O6. The van der Waals surface area contributed by atoms with Gasteiger partial charge in [0.1, 0.15) is 11.4 Å². The number of rotatable bonds is 8. The second-order valence-corrected chi connectivity index (χ2v) is 10.4. The van der Waals surface area contributed by atoms with Gasteiger partial charge in [0.25, 0.3) is 11.8 Å². The van der Waals surface area contributed by atoms with Crippen molar-refractivity contribution in [3.8, 4) is 11.4 Å². The maximum atomic E-state index is 13.9. The molecule has 0 aliphatic carbocycles. The van der Waals surface area contributed by atoms with Crippen LogP contribution in [-0.4, -0.2) is 78.6 Å². The highest BCUT2D eigenvalue weighted by atomic mass is 35.5. The number of carbonyl (C=O) groups excluding carboxylic acids is 2. The minimum atomic E-state index is -1.99. The van der Waals surface area contributed by atoms with E-state index in [4.69, 9.17) is 26.6 Å². The van der Waals surface area contributed by atoms with Crippen LogP contribution in [0.4, 0.5) is 11.6 Å². The van der Waals surface area contributed by atoms with Crippen LogP contribution in [0.3, 0.4) is 0 Å². The topological polar surface area (TPSA) is 195 Å². The van der Waals surface area contributed by atoms with Crippen molar-refractivity contribution in [3.05, 3.63) is 83.3 Å². The van der Waals surface area contributed by atoms with E-state index in [2.05, 4.69) is 25.8 Å². The fourth-order valence-corrected chi connectivity index (χ4v) is 5.35. The molecule has 14 nitrogen and oxygen atoms in total. The van der Waals surface area contributed by atoms with E-state index in [1.807, 2.05) is 0 Å². The molecule has 5 aromatic rings. The Bertz CT molecular complexity index is 1810. The zero-order valence-electron chi connectivity index (χ0n) is 22.4. The number of para-hydroxylation sites is 1. The molecule has 2 atom stereocenters. The molecule has 0 spiro atoms. The van der Waals surface area contributed by atoms with Gasteiger partial charge >= 0.3 is 0 Å². The molecule has 1 aliphatic heterocycles. The van der Waals surface area contributed by atoms with E-state index < -0.39 is 30.1 Å². The van der Waals surface area contributed by atoms with Crippen LogP contribution in [0.15, 0.2) is 71.6 Å². The third-order valence-corrected chi connectivity index (χ3v) is 7.39. The number of nitrogens with zero attached hydrogens (tertiary/aromatic N) is 6. The van der Waals surface area contributed by atoms with Gasteiger partial charge in [-0.25, -0.2) is 4.68 Å². The van der Waals surface area contributed by atoms with Gasteiger partial charge in [0.15, 0.2) is 23.3 Å². The van der Waals surface area contributed by atoms with Crippen LogP contribution in [0.25, 0.3) is 16.7 Å². The molecule has 6 rings (SSSR count). The molecule has 220 valence electrons. The molecule has 3 aromatic heterocycles. The number of hydrogen-bond acceptors (Lipinski definition) is 11. The fourth-order valence-electron chi connectivity index (χ4n) is 5.02. The number of aromatic hydroxyl groups is 1. The number of morpholine rings is 1.